The minimum atomic E-state index is -0.325. The Labute approximate surface area is 191 Å². The van der Waals surface area contributed by atoms with Gasteiger partial charge in [0.2, 0.25) is 11.8 Å². The number of nitrogens with one attached hydrogen (secondary N) is 2. The predicted octanol–water partition coefficient (Wildman–Crippen LogP) is 3.28. The average molecular weight is 454 g/mol. The largest absolute Gasteiger partial charge is 0.497 e. The number of amides is 2. The zero-order valence-electron chi connectivity index (χ0n) is 18.6. The highest BCUT2D eigenvalue weighted by atomic mass is 32.2. The van der Waals surface area contributed by atoms with E-state index in [1.807, 2.05) is 69.4 Å². The summed E-state index contributed by atoms with van der Waals surface area (Å²) in [5, 5.41) is 14.8. The molecule has 0 spiro atoms. The molecule has 1 aromatic heterocycles. The Morgan fingerprint density at radius 1 is 1.12 bits per heavy atom. The third-order valence-corrected chi connectivity index (χ3v) is 5.81. The van der Waals surface area contributed by atoms with Gasteiger partial charge in [0.15, 0.2) is 11.0 Å². The molecular formula is C23H27N5O3S. The molecule has 2 aromatic carbocycles. The first-order chi connectivity index (χ1) is 15.4. The second-order valence-electron chi connectivity index (χ2n) is 7.42. The van der Waals surface area contributed by atoms with Crippen molar-refractivity contribution in [1.82, 2.24) is 20.1 Å². The first-order valence-corrected chi connectivity index (χ1v) is 11.1. The van der Waals surface area contributed by atoms with Gasteiger partial charge in [-0.15, -0.1) is 10.2 Å². The molecule has 0 aliphatic rings. The van der Waals surface area contributed by atoms with Crippen molar-refractivity contribution in [3.05, 3.63) is 65.5 Å². The van der Waals surface area contributed by atoms with Crippen LogP contribution in [0.2, 0.25) is 0 Å². The van der Waals surface area contributed by atoms with Crippen LogP contribution in [0.25, 0.3) is 0 Å². The maximum atomic E-state index is 12.4. The lowest BCUT2D eigenvalue weighted by molar-refractivity contribution is -0.121. The first-order valence-electron chi connectivity index (χ1n) is 10.2. The zero-order chi connectivity index (χ0) is 23.1. The van der Waals surface area contributed by atoms with Crippen molar-refractivity contribution in [2.24, 2.45) is 7.05 Å². The van der Waals surface area contributed by atoms with E-state index in [4.69, 9.17) is 4.74 Å². The second-order valence-corrected chi connectivity index (χ2v) is 8.36. The van der Waals surface area contributed by atoms with E-state index in [1.54, 1.807) is 11.7 Å². The van der Waals surface area contributed by atoms with Gasteiger partial charge in [-0.25, -0.2) is 0 Å². The lowest BCUT2D eigenvalue weighted by Crippen LogP contribution is -2.29. The summed E-state index contributed by atoms with van der Waals surface area (Å²) in [5.74, 6) is 1.34. The number of anilines is 1. The number of benzene rings is 2. The van der Waals surface area contributed by atoms with E-state index >= 15 is 0 Å². The summed E-state index contributed by atoms with van der Waals surface area (Å²) in [7, 11) is 3.43. The molecule has 0 fully saturated rings. The average Bonchev–Trinajstić information content (AvgIpc) is 3.13. The number of aromatic nitrogens is 3. The topological polar surface area (TPSA) is 98.1 Å². The van der Waals surface area contributed by atoms with Crippen molar-refractivity contribution in [2.45, 2.75) is 31.5 Å². The number of carbonyl (C=O) groups is 2. The summed E-state index contributed by atoms with van der Waals surface area (Å²) in [4.78, 5) is 24.7. The molecule has 0 saturated heterocycles. The van der Waals surface area contributed by atoms with Gasteiger partial charge in [-0.3, -0.25) is 9.59 Å². The summed E-state index contributed by atoms with van der Waals surface area (Å²) >= 11 is 1.29. The summed E-state index contributed by atoms with van der Waals surface area (Å²) in [6.45, 7) is 3.83. The highest BCUT2D eigenvalue weighted by molar-refractivity contribution is 7.99. The van der Waals surface area contributed by atoms with E-state index in [1.165, 1.54) is 11.8 Å². The Morgan fingerprint density at radius 3 is 2.56 bits per heavy atom. The van der Waals surface area contributed by atoms with E-state index in [9.17, 15) is 9.59 Å². The standard InChI is InChI=1S/C23H27N5O3S/c1-15-6-5-7-18(12-15)25-21(30)14-32-23-27-26-22(28(23)3)16(2)24-20(29)13-17-8-10-19(31-4)11-9-17/h5-12,16H,13-14H2,1-4H3,(H,24,29)(H,25,30). The molecule has 0 aliphatic heterocycles. The molecule has 0 saturated carbocycles. The van der Waals surface area contributed by atoms with E-state index in [-0.39, 0.29) is 30.0 Å². The summed E-state index contributed by atoms with van der Waals surface area (Å²) in [5.41, 5.74) is 2.74. The van der Waals surface area contributed by atoms with Crippen LogP contribution in [0, 0.1) is 6.92 Å². The summed E-state index contributed by atoms with van der Waals surface area (Å²) in [6, 6.07) is 14.7. The van der Waals surface area contributed by atoms with Crippen LogP contribution in [0.1, 0.15) is 29.9 Å². The fraction of sp³-hybridized carbons (Fsp3) is 0.304. The van der Waals surface area contributed by atoms with Gasteiger partial charge in [-0.05, 0) is 49.2 Å². The number of methoxy groups -OCH3 is 1. The molecule has 9 heteroatoms. The molecule has 3 rings (SSSR count). The van der Waals surface area contributed by atoms with Crippen LogP contribution in [0.5, 0.6) is 5.75 Å². The molecule has 2 amide bonds. The number of hydrogen-bond acceptors (Lipinski definition) is 6. The molecule has 0 bridgehead atoms. The van der Waals surface area contributed by atoms with Gasteiger partial charge in [-0.2, -0.15) is 0 Å². The van der Waals surface area contributed by atoms with Crippen LogP contribution in [-0.2, 0) is 23.1 Å². The van der Waals surface area contributed by atoms with Gasteiger partial charge in [0, 0.05) is 12.7 Å². The molecule has 3 aromatic rings. The molecule has 1 atom stereocenters. The minimum absolute atomic E-state index is 0.114. The van der Waals surface area contributed by atoms with Gasteiger partial charge >= 0.3 is 0 Å². The Hall–Kier alpha value is -3.33. The lowest BCUT2D eigenvalue weighted by Gasteiger charge is -2.14. The number of ether oxygens (including phenoxy) is 1. The van der Waals surface area contributed by atoms with Crippen LogP contribution in [-0.4, -0.2) is 39.4 Å². The predicted molar refractivity (Wildman–Crippen MR) is 125 cm³/mol. The van der Waals surface area contributed by atoms with Gasteiger partial charge in [-0.1, -0.05) is 36.0 Å². The zero-order valence-corrected chi connectivity index (χ0v) is 19.4. The second kappa shape index (κ2) is 10.8. The molecule has 1 unspecified atom stereocenters. The summed E-state index contributed by atoms with van der Waals surface area (Å²) < 4.78 is 6.93. The third kappa shape index (κ3) is 6.34. The molecule has 1 heterocycles. The molecular weight excluding hydrogens is 426 g/mol. The Bertz CT molecular complexity index is 1080. The van der Waals surface area contributed by atoms with Crippen molar-refractivity contribution in [3.63, 3.8) is 0 Å². The minimum Gasteiger partial charge on any atom is -0.497 e. The van der Waals surface area contributed by atoms with Crippen LogP contribution >= 0.6 is 11.8 Å². The number of hydrogen-bond donors (Lipinski definition) is 2. The number of rotatable bonds is 9. The molecule has 2 N–H and O–H groups in total. The number of aryl methyl sites for hydroxylation is 1. The number of thioether (sulfide) groups is 1. The normalized spacial score (nSPS) is 11.6. The van der Waals surface area contributed by atoms with E-state index in [2.05, 4.69) is 20.8 Å². The van der Waals surface area contributed by atoms with E-state index in [0.29, 0.717) is 11.0 Å². The van der Waals surface area contributed by atoms with Crippen LogP contribution in [0.3, 0.4) is 0 Å². The SMILES string of the molecule is COc1ccc(CC(=O)NC(C)c2nnc(SCC(=O)Nc3cccc(C)c3)n2C)cc1. The fourth-order valence-corrected chi connectivity index (χ4v) is 3.88. The highest BCUT2D eigenvalue weighted by Gasteiger charge is 2.18. The van der Waals surface area contributed by atoms with Crippen molar-refractivity contribution in [2.75, 3.05) is 18.2 Å². The monoisotopic (exact) mass is 453 g/mol. The molecule has 0 radical (unpaired) electrons. The number of nitrogens with zero attached hydrogens (tertiary/aromatic N) is 3. The van der Waals surface area contributed by atoms with Crippen molar-refractivity contribution < 1.29 is 14.3 Å². The van der Waals surface area contributed by atoms with Gasteiger partial charge in [0.25, 0.3) is 0 Å². The first kappa shape index (κ1) is 23.3. The maximum absolute atomic E-state index is 12.4. The fourth-order valence-electron chi connectivity index (χ4n) is 3.16. The van der Waals surface area contributed by atoms with Crippen LogP contribution in [0.4, 0.5) is 5.69 Å². The highest BCUT2D eigenvalue weighted by Crippen LogP contribution is 2.20. The smallest absolute Gasteiger partial charge is 0.234 e. The number of carbonyl (C=O) groups excluding carboxylic acids is 2. The molecule has 32 heavy (non-hydrogen) atoms. The Morgan fingerprint density at radius 2 is 1.88 bits per heavy atom. The molecule has 8 nitrogen and oxygen atoms in total. The molecule has 0 aliphatic carbocycles. The Balaban J connectivity index is 1.52. The quantitative estimate of drug-likeness (QED) is 0.483. The van der Waals surface area contributed by atoms with Gasteiger partial charge in [0.1, 0.15) is 5.75 Å². The Kier molecular flexibility index (Phi) is 7.88. The third-order valence-electron chi connectivity index (χ3n) is 4.79. The van der Waals surface area contributed by atoms with Crippen molar-refractivity contribution in [1.29, 1.82) is 0 Å². The van der Waals surface area contributed by atoms with Crippen LogP contribution < -0.4 is 15.4 Å². The lowest BCUT2D eigenvalue weighted by atomic mass is 10.1. The van der Waals surface area contributed by atoms with Gasteiger partial charge < -0.3 is 19.9 Å². The summed E-state index contributed by atoms with van der Waals surface area (Å²) in [6.07, 6.45) is 0.257. The van der Waals surface area contributed by atoms with E-state index < -0.39 is 0 Å². The maximum Gasteiger partial charge on any atom is 0.234 e. The van der Waals surface area contributed by atoms with Crippen molar-refractivity contribution >= 4 is 29.3 Å². The van der Waals surface area contributed by atoms with Crippen LogP contribution in [0.15, 0.2) is 53.7 Å². The van der Waals surface area contributed by atoms with E-state index in [0.717, 1.165) is 22.6 Å². The van der Waals surface area contributed by atoms with Crippen molar-refractivity contribution in [3.8, 4) is 5.75 Å². The molecule has 168 valence electrons. The van der Waals surface area contributed by atoms with Gasteiger partial charge in [0.05, 0.1) is 25.3 Å².